The van der Waals surface area contributed by atoms with Gasteiger partial charge in [0.15, 0.2) is 9.75 Å². The van der Waals surface area contributed by atoms with Gasteiger partial charge < -0.3 is 10.2 Å². The van der Waals surface area contributed by atoms with Crippen molar-refractivity contribution in [1.82, 2.24) is 9.80 Å². The highest BCUT2D eigenvalue weighted by molar-refractivity contribution is 9.09. The Hall–Kier alpha value is -2.43. The Morgan fingerprint density at radius 2 is 1.72 bits per heavy atom. The van der Waals surface area contributed by atoms with E-state index in [0.717, 1.165) is 4.90 Å². The van der Waals surface area contributed by atoms with Crippen LogP contribution in [0.15, 0.2) is 35.9 Å². The van der Waals surface area contributed by atoms with Crippen molar-refractivity contribution in [3.05, 3.63) is 41.5 Å². The zero-order valence-corrected chi connectivity index (χ0v) is 23.9. The normalized spacial score (nSPS) is 33.7. The number of carbonyl (C=O) groups is 5. The van der Waals surface area contributed by atoms with Gasteiger partial charge in [-0.05, 0) is 37.7 Å². The first-order valence-corrected chi connectivity index (χ1v) is 14.7. The highest BCUT2D eigenvalue weighted by atomic mass is 79.9. The minimum atomic E-state index is -1.96. The van der Waals surface area contributed by atoms with E-state index in [-0.39, 0.29) is 48.8 Å². The molecule has 1 saturated carbocycles. The fourth-order valence-corrected chi connectivity index (χ4v) is 8.26. The van der Waals surface area contributed by atoms with Crippen LogP contribution in [-0.2, 0) is 24.0 Å². The zero-order chi connectivity index (χ0) is 28.3. The molecule has 1 aromatic carbocycles. The van der Waals surface area contributed by atoms with Gasteiger partial charge in [-0.2, -0.15) is 0 Å². The lowest BCUT2D eigenvalue weighted by Crippen LogP contribution is -2.60. The van der Waals surface area contributed by atoms with E-state index < -0.39 is 51.2 Å². The molecule has 0 bridgehead atoms. The van der Waals surface area contributed by atoms with Gasteiger partial charge in [-0.1, -0.05) is 52.2 Å². The van der Waals surface area contributed by atoms with Crippen LogP contribution in [0.25, 0.3) is 0 Å². The number of benzene rings is 1. The van der Waals surface area contributed by atoms with Crippen LogP contribution in [0.4, 0.5) is 0 Å². The van der Waals surface area contributed by atoms with Crippen LogP contribution in [0, 0.1) is 17.8 Å². The summed E-state index contributed by atoms with van der Waals surface area (Å²) in [6.45, 7) is 0.176. The second kappa shape index (κ2) is 10.2. The van der Waals surface area contributed by atoms with Crippen molar-refractivity contribution in [2.45, 2.75) is 54.2 Å². The lowest BCUT2D eigenvalue weighted by Gasteiger charge is -2.50. The molecule has 2 heterocycles. The summed E-state index contributed by atoms with van der Waals surface area (Å²) < 4.78 is 0. The molecule has 0 spiro atoms. The van der Waals surface area contributed by atoms with Crippen molar-refractivity contribution in [2.24, 2.45) is 17.8 Å². The number of allylic oxidation sites excluding steroid dienone is 2. The first-order chi connectivity index (χ1) is 18.5. The van der Waals surface area contributed by atoms with Crippen LogP contribution >= 0.6 is 39.1 Å². The number of likely N-dealkylation sites (tertiary alicyclic amines) is 2. The average molecular weight is 642 g/mol. The Balaban J connectivity index is 1.53. The van der Waals surface area contributed by atoms with Crippen molar-refractivity contribution in [1.29, 1.82) is 0 Å². The third-order valence-corrected chi connectivity index (χ3v) is 10.5. The number of unbranched alkanes of at least 4 members (excludes halogenated alkanes) is 2. The third kappa shape index (κ3) is 4.04. The van der Waals surface area contributed by atoms with E-state index in [2.05, 4.69) is 15.9 Å². The van der Waals surface area contributed by atoms with Crippen LogP contribution in [0.2, 0.25) is 0 Å². The number of phenols is 1. The molecule has 4 aliphatic rings. The van der Waals surface area contributed by atoms with Gasteiger partial charge in [-0.15, -0.1) is 23.2 Å². The summed E-state index contributed by atoms with van der Waals surface area (Å²) in [6, 6.07) is 6.39. The van der Waals surface area contributed by atoms with Gasteiger partial charge in [0.05, 0.1) is 17.3 Å². The van der Waals surface area contributed by atoms with Crippen LogP contribution in [-0.4, -0.2) is 71.4 Å². The molecule has 9 nitrogen and oxygen atoms in total. The molecule has 39 heavy (non-hydrogen) atoms. The predicted molar refractivity (Wildman–Crippen MR) is 144 cm³/mol. The molecule has 2 N–H and O–H groups in total. The Morgan fingerprint density at radius 3 is 2.38 bits per heavy atom. The van der Waals surface area contributed by atoms with E-state index in [9.17, 15) is 29.1 Å². The molecule has 0 aromatic heterocycles. The van der Waals surface area contributed by atoms with Gasteiger partial charge in [0.1, 0.15) is 5.75 Å². The molecule has 6 atom stereocenters. The molecular weight excluding hydrogens is 615 g/mol. The number of nitrogens with zero attached hydrogens (tertiary/aromatic N) is 2. The number of carboxylic acid groups (broad SMARTS) is 1. The minimum absolute atomic E-state index is 0.0202. The number of hydrogen-bond donors (Lipinski definition) is 2. The number of rotatable bonds is 8. The second-order valence-electron chi connectivity index (χ2n) is 10.6. The molecule has 2 aliphatic heterocycles. The van der Waals surface area contributed by atoms with Gasteiger partial charge in [-0.25, -0.2) is 0 Å². The monoisotopic (exact) mass is 640 g/mol. The summed E-state index contributed by atoms with van der Waals surface area (Å²) in [5, 5.41) is 19.7. The molecule has 208 valence electrons. The predicted octanol–water partition coefficient (Wildman–Crippen LogP) is 3.75. The Kier molecular flexibility index (Phi) is 7.35. The van der Waals surface area contributed by atoms with Crippen molar-refractivity contribution >= 4 is 68.7 Å². The molecule has 0 unspecified atom stereocenters. The smallest absolute Gasteiger partial charge is 0.303 e. The van der Waals surface area contributed by atoms with Crippen molar-refractivity contribution in [3.63, 3.8) is 0 Å². The number of carboxylic acids is 1. The van der Waals surface area contributed by atoms with Crippen LogP contribution in [0.1, 0.15) is 50.0 Å². The van der Waals surface area contributed by atoms with Gasteiger partial charge >= 0.3 is 5.97 Å². The standard InChI is InChI=1S/C27H27BrCl2N2O7/c28-13-32-24(38)26(29)12-17-14(21(27(26,30)25(32)39)15-6-3-4-7-18(15)33)9-10-16-20(17)23(37)31(22(16)36)11-5-1-2-8-19(34)35/h3-4,6-7,9,16-17,20-21,33H,1-2,5,8,10-13H2,(H,34,35)/t16-,17+,20-,21+,26+,27-/m0/s1. The first-order valence-electron chi connectivity index (χ1n) is 12.8. The van der Waals surface area contributed by atoms with Crippen molar-refractivity contribution < 1.29 is 34.2 Å². The highest BCUT2D eigenvalue weighted by Gasteiger charge is 2.76. The molecule has 0 radical (unpaired) electrons. The summed E-state index contributed by atoms with van der Waals surface area (Å²) in [6.07, 6.45) is 3.45. The van der Waals surface area contributed by atoms with E-state index in [1.807, 2.05) is 6.08 Å². The minimum Gasteiger partial charge on any atom is -0.508 e. The Bertz CT molecular complexity index is 1300. The van der Waals surface area contributed by atoms with E-state index in [4.69, 9.17) is 28.3 Å². The van der Waals surface area contributed by atoms with Crippen molar-refractivity contribution in [3.8, 4) is 5.75 Å². The molecule has 5 rings (SSSR count). The summed E-state index contributed by atoms with van der Waals surface area (Å²) in [5.74, 6) is -6.16. The van der Waals surface area contributed by atoms with E-state index in [1.165, 1.54) is 11.0 Å². The maximum atomic E-state index is 13.7. The summed E-state index contributed by atoms with van der Waals surface area (Å²) in [7, 11) is 0. The van der Waals surface area contributed by atoms with Crippen molar-refractivity contribution in [2.75, 3.05) is 12.0 Å². The summed E-state index contributed by atoms with van der Waals surface area (Å²) in [4.78, 5) is 63.4. The van der Waals surface area contributed by atoms with E-state index in [0.29, 0.717) is 30.4 Å². The molecule has 12 heteroatoms. The van der Waals surface area contributed by atoms with Gasteiger partial charge in [-0.3, -0.25) is 33.8 Å². The number of amides is 4. The number of aromatic hydroxyl groups is 1. The number of phenolic OH excluding ortho intramolecular Hbond substituents is 1. The number of halogens is 3. The molecule has 4 amide bonds. The summed E-state index contributed by atoms with van der Waals surface area (Å²) in [5.41, 5.74) is 0.812. The topological polar surface area (TPSA) is 132 Å². The first kappa shape index (κ1) is 28.1. The largest absolute Gasteiger partial charge is 0.508 e. The fraction of sp³-hybridized carbons (Fsp3) is 0.519. The Labute approximate surface area is 243 Å². The van der Waals surface area contributed by atoms with Crippen LogP contribution in [0.5, 0.6) is 5.75 Å². The number of imide groups is 2. The average Bonchev–Trinajstić information content (AvgIpc) is 3.22. The van der Waals surface area contributed by atoms with Gasteiger partial charge in [0, 0.05) is 24.4 Å². The van der Waals surface area contributed by atoms with E-state index in [1.54, 1.807) is 18.2 Å². The maximum Gasteiger partial charge on any atom is 0.303 e. The second-order valence-corrected chi connectivity index (χ2v) is 12.3. The molecule has 1 aromatic rings. The van der Waals surface area contributed by atoms with Gasteiger partial charge in [0.2, 0.25) is 11.8 Å². The third-order valence-electron chi connectivity index (χ3n) is 8.63. The van der Waals surface area contributed by atoms with Crippen LogP contribution in [0.3, 0.4) is 0 Å². The number of alkyl halides is 3. The molecule has 2 aliphatic carbocycles. The maximum absolute atomic E-state index is 13.7. The quantitative estimate of drug-likeness (QED) is 0.145. The fourth-order valence-electron chi connectivity index (χ4n) is 6.84. The number of hydrogen-bond acceptors (Lipinski definition) is 6. The number of fused-ring (bicyclic) bond motifs is 4. The van der Waals surface area contributed by atoms with Gasteiger partial charge in [0.25, 0.3) is 11.8 Å². The lowest BCUT2D eigenvalue weighted by atomic mass is 9.56. The lowest BCUT2D eigenvalue weighted by molar-refractivity contribution is -0.141. The van der Waals surface area contributed by atoms with E-state index >= 15 is 0 Å². The molecular formula is C27H27BrCl2N2O7. The zero-order valence-electron chi connectivity index (χ0n) is 20.8. The number of para-hydroxylation sites is 1. The number of aliphatic carboxylic acids is 1. The summed E-state index contributed by atoms with van der Waals surface area (Å²) >= 11 is 17.4. The highest BCUT2D eigenvalue weighted by Crippen LogP contribution is 2.66. The number of carbonyl (C=O) groups excluding carboxylic acids is 4. The SMILES string of the molecule is O=C(O)CCCCCN1C(=O)[C@H]2[C@H](CC=C3[C@H]2C[C@@]2(Cl)C(=O)N(CBr)C(=O)[C@@]2(Cl)[C@H]3c2ccccc2O)C1=O. The molecule has 3 fully saturated rings. The molecule has 2 saturated heterocycles. The van der Waals surface area contributed by atoms with Crippen LogP contribution < -0.4 is 0 Å². The Morgan fingerprint density at radius 1 is 1.00 bits per heavy atom.